The summed E-state index contributed by atoms with van der Waals surface area (Å²) in [6, 6.07) is 13.1. The molecule has 0 spiro atoms. The maximum absolute atomic E-state index is 2.32. The summed E-state index contributed by atoms with van der Waals surface area (Å²) >= 11 is 1.24. The molecule has 0 heterocycles. The van der Waals surface area contributed by atoms with Crippen molar-refractivity contribution < 1.29 is 18.3 Å². The molecular weight excluding hydrogens is 210 g/mol. The molecule has 57 valence electrons. The SMILES string of the molecule is [Zn][C]1=Cc2cccc3cccc1c23. The van der Waals surface area contributed by atoms with E-state index in [1.807, 2.05) is 0 Å². The molecule has 0 aromatic heterocycles. The molecule has 2 aromatic carbocycles. The fourth-order valence-corrected chi connectivity index (χ4v) is 3.10. The van der Waals surface area contributed by atoms with Crippen molar-refractivity contribution in [2.45, 2.75) is 0 Å². The fraction of sp³-hybridized carbons (Fsp3) is 0. The Morgan fingerprint density at radius 3 is 2.54 bits per heavy atom. The molecule has 0 unspecified atom stereocenters. The molecule has 0 radical (unpaired) electrons. The Labute approximate surface area is 86.9 Å². The minimum absolute atomic E-state index is 1.24. The minimum atomic E-state index is 1.24. The van der Waals surface area contributed by atoms with Crippen LogP contribution in [0.5, 0.6) is 0 Å². The normalized spacial score (nSPS) is 13.5. The van der Waals surface area contributed by atoms with Gasteiger partial charge in [0.15, 0.2) is 0 Å². The van der Waals surface area contributed by atoms with Gasteiger partial charge in [-0.25, -0.2) is 0 Å². The Morgan fingerprint density at radius 2 is 1.69 bits per heavy atom. The van der Waals surface area contributed by atoms with Gasteiger partial charge >= 0.3 is 86.8 Å². The van der Waals surface area contributed by atoms with Crippen molar-refractivity contribution in [2.75, 3.05) is 0 Å². The van der Waals surface area contributed by atoms with Gasteiger partial charge in [-0.05, 0) is 0 Å². The van der Waals surface area contributed by atoms with E-state index in [0.29, 0.717) is 0 Å². The van der Waals surface area contributed by atoms with Gasteiger partial charge in [0.1, 0.15) is 0 Å². The Balaban J connectivity index is 2.59. The van der Waals surface area contributed by atoms with Gasteiger partial charge in [-0.3, -0.25) is 0 Å². The summed E-state index contributed by atoms with van der Waals surface area (Å²) in [4.78, 5) is 0. The zero-order chi connectivity index (χ0) is 8.84. The van der Waals surface area contributed by atoms with Crippen LogP contribution in [0, 0.1) is 0 Å². The van der Waals surface area contributed by atoms with E-state index in [2.05, 4.69) is 42.5 Å². The Hall–Kier alpha value is -0.937. The van der Waals surface area contributed by atoms with Crippen LogP contribution in [0.4, 0.5) is 0 Å². The van der Waals surface area contributed by atoms with Crippen LogP contribution in [0.3, 0.4) is 0 Å². The van der Waals surface area contributed by atoms with Gasteiger partial charge in [-0.1, -0.05) is 0 Å². The van der Waals surface area contributed by atoms with Crippen LogP contribution >= 0.6 is 0 Å². The summed E-state index contributed by atoms with van der Waals surface area (Å²) in [5, 5.41) is 2.82. The van der Waals surface area contributed by atoms with E-state index < -0.39 is 0 Å². The average Bonchev–Trinajstić information content (AvgIpc) is 2.47. The topological polar surface area (TPSA) is 0 Å². The van der Waals surface area contributed by atoms with Gasteiger partial charge < -0.3 is 0 Å². The van der Waals surface area contributed by atoms with E-state index in [0.717, 1.165) is 0 Å². The zero-order valence-corrected chi connectivity index (χ0v) is 10.2. The van der Waals surface area contributed by atoms with Gasteiger partial charge in [0, 0.05) is 0 Å². The second-order valence-electron chi connectivity index (χ2n) is 3.42. The van der Waals surface area contributed by atoms with E-state index in [4.69, 9.17) is 0 Å². The molecule has 1 aliphatic carbocycles. The molecule has 0 fully saturated rings. The first-order valence-corrected chi connectivity index (χ1v) is 5.90. The molecule has 0 N–H and O–H groups in total. The number of hydrogen-bond acceptors (Lipinski definition) is 0. The summed E-state index contributed by atoms with van der Waals surface area (Å²) in [6.45, 7) is 0. The van der Waals surface area contributed by atoms with Crippen LogP contribution < -0.4 is 0 Å². The van der Waals surface area contributed by atoms with E-state index in [1.165, 1.54) is 44.4 Å². The van der Waals surface area contributed by atoms with Crippen molar-refractivity contribution in [1.82, 2.24) is 0 Å². The van der Waals surface area contributed by atoms with Crippen molar-refractivity contribution in [3.05, 3.63) is 47.5 Å². The Bertz CT molecular complexity index is 518. The molecular formula is C12H7Zn. The summed E-state index contributed by atoms with van der Waals surface area (Å²) in [7, 11) is 0. The predicted octanol–water partition coefficient (Wildman–Crippen LogP) is 3.20. The van der Waals surface area contributed by atoms with Crippen LogP contribution in [-0.2, 0) is 18.3 Å². The Kier molecular flexibility index (Phi) is 1.45. The molecule has 0 nitrogen and oxygen atoms in total. The van der Waals surface area contributed by atoms with Crippen molar-refractivity contribution >= 4 is 21.0 Å². The molecule has 0 bridgehead atoms. The Morgan fingerprint density at radius 1 is 0.923 bits per heavy atom. The third-order valence-electron chi connectivity index (χ3n) is 2.61. The van der Waals surface area contributed by atoms with Crippen LogP contribution in [0.15, 0.2) is 36.4 Å². The first-order chi connectivity index (χ1) is 6.36. The van der Waals surface area contributed by atoms with Crippen LogP contribution in [0.1, 0.15) is 11.1 Å². The van der Waals surface area contributed by atoms with Crippen molar-refractivity contribution in [3.63, 3.8) is 0 Å². The third-order valence-corrected chi connectivity index (χ3v) is 3.84. The summed E-state index contributed by atoms with van der Waals surface area (Å²) in [6.07, 6.45) is 2.32. The maximum atomic E-state index is 2.32. The van der Waals surface area contributed by atoms with Crippen LogP contribution in [0.2, 0.25) is 0 Å². The van der Waals surface area contributed by atoms with E-state index in [9.17, 15) is 0 Å². The molecule has 3 rings (SSSR count). The number of hydrogen-bond donors (Lipinski definition) is 0. The third kappa shape index (κ3) is 0.942. The summed E-state index contributed by atoms with van der Waals surface area (Å²) in [5.74, 6) is 0. The zero-order valence-electron chi connectivity index (χ0n) is 7.25. The van der Waals surface area contributed by atoms with Gasteiger partial charge in [-0.2, -0.15) is 0 Å². The van der Waals surface area contributed by atoms with Gasteiger partial charge in [0.05, 0.1) is 0 Å². The van der Waals surface area contributed by atoms with Crippen molar-refractivity contribution in [1.29, 1.82) is 0 Å². The molecule has 2 aromatic rings. The first kappa shape index (κ1) is 7.47. The van der Waals surface area contributed by atoms with Crippen LogP contribution in [0.25, 0.3) is 21.0 Å². The number of benzene rings is 2. The molecule has 0 saturated heterocycles. The quantitative estimate of drug-likeness (QED) is 0.594. The fourth-order valence-electron chi connectivity index (χ4n) is 2.02. The van der Waals surface area contributed by atoms with E-state index in [-0.39, 0.29) is 0 Å². The first-order valence-electron chi connectivity index (χ1n) is 4.42. The average molecular weight is 217 g/mol. The molecule has 0 amide bonds. The molecule has 0 aliphatic heterocycles. The molecule has 13 heavy (non-hydrogen) atoms. The van der Waals surface area contributed by atoms with Crippen molar-refractivity contribution in [2.24, 2.45) is 0 Å². The predicted molar refractivity (Wildman–Crippen MR) is 51.8 cm³/mol. The van der Waals surface area contributed by atoms with Gasteiger partial charge in [0.25, 0.3) is 0 Å². The monoisotopic (exact) mass is 215 g/mol. The molecule has 0 atom stereocenters. The standard InChI is InChI=1S/C12H7.Zn/c1-3-9-4-2-6-11-8-7-10(5-1)12(9)11;/h1-7H;. The molecule has 0 saturated carbocycles. The molecule has 1 heteroatoms. The summed E-state index contributed by atoms with van der Waals surface area (Å²) in [5.41, 5.74) is 2.85. The van der Waals surface area contributed by atoms with Crippen LogP contribution in [-0.4, -0.2) is 0 Å². The van der Waals surface area contributed by atoms with E-state index >= 15 is 0 Å². The van der Waals surface area contributed by atoms with Crippen molar-refractivity contribution in [3.8, 4) is 0 Å². The van der Waals surface area contributed by atoms with Gasteiger partial charge in [-0.15, -0.1) is 0 Å². The second-order valence-corrected chi connectivity index (χ2v) is 5.02. The number of rotatable bonds is 0. The second kappa shape index (κ2) is 2.53. The molecule has 1 aliphatic rings. The van der Waals surface area contributed by atoms with Gasteiger partial charge in [0.2, 0.25) is 0 Å². The summed E-state index contributed by atoms with van der Waals surface area (Å²) < 4.78 is 1.51. The van der Waals surface area contributed by atoms with E-state index in [1.54, 1.807) is 0 Å².